The first kappa shape index (κ1) is 23.9. The summed E-state index contributed by atoms with van der Waals surface area (Å²) in [6.07, 6.45) is -2.60. The molecule has 0 aliphatic carbocycles. The molecule has 2 aromatic heterocycles. The van der Waals surface area contributed by atoms with E-state index in [9.17, 15) is 18.4 Å². The molecule has 1 aliphatic rings. The number of hydrogen-bond donors (Lipinski definition) is 2. The fraction of sp³-hybridized carbons (Fsp3) is 0.440. The summed E-state index contributed by atoms with van der Waals surface area (Å²) in [6.45, 7) is 4.02. The molecule has 1 amide bonds. The normalized spacial score (nSPS) is 21.1. The largest absolute Gasteiger partial charge is 0.496 e. The number of rotatable bonds is 6. The lowest BCUT2D eigenvalue weighted by molar-refractivity contribution is 0.0203. The fourth-order valence-electron chi connectivity index (χ4n) is 4.85. The van der Waals surface area contributed by atoms with Crippen LogP contribution in [0.3, 0.4) is 0 Å². The highest BCUT2D eigenvalue weighted by Gasteiger charge is 2.37. The molecule has 2 atom stereocenters. The summed E-state index contributed by atoms with van der Waals surface area (Å²) in [5.41, 5.74) is 2.44. The Morgan fingerprint density at radius 2 is 1.88 bits per heavy atom. The van der Waals surface area contributed by atoms with E-state index < -0.39 is 18.3 Å². The molecule has 3 aromatic rings. The monoisotopic (exact) mass is 472 g/mol. The first-order valence-electron chi connectivity index (χ1n) is 11.3. The second-order valence-electron chi connectivity index (χ2n) is 9.02. The summed E-state index contributed by atoms with van der Waals surface area (Å²) >= 11 is 0. The quantitative estimate of drug-likeness (QED) is 0.578. The first-order valence-corrected chi connectivity index (χ1v) is 11.3. The number of carbonyl (C=O) groups excluding carboxylic acids is 1. The molecule has 0 radical (unpaired) electrons. The maximum atomic E-state index is 14.8. The summed E-state index contributed by atoms with van der Waals surface area (Å²) in [5.74, 6) is -0.769. The van der Waals surface area contributed by atoms with Gasteiger partial charge in [0.15, 0.2) is 0 Å². The lowest BCUT2D eigenvalue weighted by atomic mass is 9.93. The van der Waals surface area contributed by atoms with Crippen molar-refractivity contribution in [2.24, 2.45) is 5.92 Å². The number of likely N-dealkylation sites (tertiary alicyclic amines) is 1. The van der Waals surface area contributed by atoms with E-state index in [1.807, 2.05) is 28.8 Å². The highest BCUT2D eigenvalue weighted by Crippen LogP contribution is 2.31. The van der Waals surface area contributed by atoms with Crippen LogP contribution in [0.5, 0.6) is 5.75 Å². The van der Waals surface area contributed by atoms with Crippen LogP contribution >= 0.6 is 0 Å². The Morgan fingerprint density at radius 3 is 2.56 bits per heavy atom. The highest BCUT2D eigenvalue weighted by atomic mass is 19.1. The molecule has 1 fully saturated rings. The molecule has 3 heterocycles. The van der Waals surface area contributed by atoms with Gasteiger partial charge in [0, 0.05) is 47.8 Å². The van der Waals surface area contributed by atoms with Gasteiger partial charge in [-0.15, -0.1) is 0 Å². The van der Waals surface area contributed by atoms with Gasteiger partial charge in [-0.05, 0) is 33.0 Å². The molecule has 0 saturated carbocycles. The van der Waals surface area contributed by atoms with Gasteiger partial charge >= 0.3 is 0 Å². The number of para-hydroxylation sites is 1. The minimum Gasteiger partial charge on any atom is -0.496 e. The number of ether oxygens (including phenoxy) is 1. The SMILES string of the molecule is COc1cc(C)[nH]c(=O)c1CNC(=O)c1c(C)n(CC2C(F)CN(C)CC2F)c2ccccc12. The number of piperidine rings is 1. The number of halogens is 2. The second kappa shape index (κ2) is 9.58. The van der Waals surface area contributed by atoms with Gasteiger partial charge in [-0.1, -0.05) is 18.2 Å². The number of nitrogens with zero attached hydrogens (tertiary/aromatic N) is 2. The van der Waals surface area contributed by atoms with Gasteiger partial charge in [-0.3, -0.25) is 9.59 Å². The highest BCUT2D eigenvalue weighted by molar-refractivity contribution is 6.08. The van der Waals surface area contributed by atoms with E-state index in [-0.39, 0.29) is 37.6 Å². The Labute approximate surface area is 196 Å². The van der Waals surface area contributed by atoms with Crippen molar-refractivity contribution in [2.75, 3.05) is 27.2 Å². The minimum absolute atomic E-state index is 0.0232. The molecule has 2 N–H and O–H groups in total. The van der Waals surface area contributed by atoms with Crippen molar-refractivity contribution >= 4 is 16.8 Å². The zero-order valence-corrected chi connectivity index (χ0v) is 19.8. The van der Waals surface area contributed by atoms with Crippen LogP contribution in [-0.2, 0) is 13.1 Å². The Hall–Kier alpha value is -3.20. The molecule has 2 unspecified atom stereocenters. The van der Waals surface area contributed by atoms with E-state index in [1.165, 1.54) is 7.11 Å². The molecule has 1 saturated heterocycles. The molecule has 7 nitrogen and oxygen atoms in total. The maximum Gasteiger partial charge on any atom is 0.256 e. The molecule has 4 rings (SSSR count). The van der Waals surface area contributed by atoms with Gasteiger partial charge in [-0.2, -0.15) is 0 Å². The third-order valence-corrected chi connectivity index (χ3v) is 6.63. The van der Waals surface area contributed by atoms with Crippen LogP contribution < -0.4 is 15.6 Å². The summed E-state index contributed by atoms with van der Waals surface area (Å²) in [4.78, 5) is 30.0. The molecule has 182 valence electrons. The van der Waals surface area contributed by atoms with Crippen LogP contribution in [-0.4, -0.2) is 59.9 Å². The molecule has 9 heteroatoms. The summed E-state index contributed by atoms with van der Waals surface area (Å²) in [6, 6.07) is 9.03. The average molecular weight is 473 g/mol. The number of alkyl halides is 2. The van der Waals surface area contributed by atoms with Crippen molar-refractivity contribution in [2.45, 2.75) is 39.3 Å². The second-order valence-corrected chi connectivity index (χ2v) is 9.02. The van der Waals surface area contributed by atoms with Crippen LogP contribution in [0.4, 0.5) is 8.78 Å². The van der Waals surface area contributed by atoms with Crippen LogP contribution in [0.15, 0.2) is 35.1 Å². The predicted molar refractivity (Wildman–Crippen MR) is 127 cm³/mol. The number of pyridine rings is 1. The summed E-state index contributed by atoms with van der Waals surface area (Å²) < 4.78 is 36.7. The van der Waals surface area contributed by atoms with Crippen molar-refractivity contribution in [3.8, 4) is 5.75 Å². The average Bonchev–Trinajstić information content (AvgIpc) is 3.06. The van der Waals surface area contributed by atoms with Crippen LogP contribution in [0.25, 0.3) is 10.9 Å². The van der Waals surface area contributed by atoms with E-state index in [0.29, 0.717) is 33.7 Å². The van der Waals surface area contributed by atoms with Crippen LogP contribution in [0.1, 0.15) is 27.3 Å². The molecule has 1 aliphatic heterocycles. The minimum atomic E-state index is -1.30. The number of aromatic amines is 1. The van der Waals surface area contributed by atoms with Crippen molar-refractivity contribution in [3.63, 3.8) is 0 Å². The third-order valence-electron chi connectivity index (χ3n) is 6.63. The zero-order valence-electron chi connectivity index (χ0n) is 19.8. The van der Waals surface area contributed by atoms with E-state index in [0.717, 1.165) is 5.52 Å². The lowest BCUT2D eigenvalue weighted by Gasteiger charge is -2.35. The van der Waals surface area contributed by atoms with Crippen LogP contribution in [0.2, 0.25) is 0 Å². The van der Waals surface area contributed by atoms with Gasteiger partial charge in [0.25, 0.3) is 11.5 Å². The standard InChI is InChI=1S/C25H30F2N4O3/c1-14-9-22(34-4)17(24(32)29-14)10-28-25(33)23-15(2)31(21-8-6-5-7-16(21)23)11-18-19(26)12-30(3)13-20(18)27/h5-9,18-20H,10-13H2,1-4H3,(H,28,33)(H,29,32). The molecular weight excluding hydrogens is 442 g/mol. The topological polar surface area (TPSA) is 79.4 Å². The van der Waals surface area contributed by atoms with Gasteiger partial charge < -0.3 is 24.5 Å². The molecule has 1 aromatic carbocycles. The van der Waals surface area contributed by atoms with Gasteiger partial charge in [0.05, 0.1) is 24.8 Å². The number of carbonyl (C=O) groups is 1. The number of hydrogen-bond acceptors (Lipinski definition) is 4. The number of aryl methyl sites for hydroxylation is 1. The van der Waals surface area contributed by atoms with Gasteiger partial charge in [0.2, 0.25) is 0 Å². The predicted octanol–water partition coefficient (Wildman–Crippen LogP) is 3.12. The van der Waals surface area contributed by atoms with E-state index in [4.69, 9.17) is 4.74 Å². The Balaban J connectivity index is 1.65. The maximum absolute atomic E-state index is 14.8. The molecular formula is C25H30F2N4O3. The third kappa shape index (κ3) is 4.44. The van der Waals surface area contributed by atoms with Gasteiger partial charge in [-0.25, -0.2) is 8.78 Å². The Bertz CT molecular complexity index is 1260. The number of aromatic nitrogens is 2. The van der Waals surface area contributed by atoms with E-state index in [2.05, 4.69) is 10.3 Å². The summed E-state index contributed by atoms with van der Waals surface area (Å²) in [7, 11) is 3.18. The number of benzene rings is 1. The van der Waals surface area contributed by atoms with Crippen molar-refractivity contribution in [1.82, 2.24) is 19.8 Å². The number of H-pyrrole nitrogens is 1. The number of fused-ring (bicyclic) bond motifs is 1. The van der Waals surface area contributed by atoms with Gasteiger partial charge in [0.1, 0.15) is 18.1 Å². The number of nitrogens with one attached hydrogen (secondary N) is 2. The molecule has 0 spiro atoms. The molecule has 34 heavy (non-hydrogen) atoms. The number of methoxy groups -OCH3 is 1. The Morgan fingerprint density at radius 1 is 1.21 bits per heavy atom. The van der Waals surface area contributed by atoms with Crippen LogP contribution in [0, 0.1) is 19.8 Å². The van der Waals surface area contributed by atoms with E-state index >= 15 is 0 Å². The summed E-state index contributed by atoms with van der Waals surface area (Å²) in [5, 5.41) is 3.51. The Kier molecular flexibility index (Phi) is 6.74. The van der Waals surface area contributed by atoms with Crippen molar-refractivity contribution < 1.29 is 18.3 Å². The van der Waals surface area contributed by atoms with Crippen molar-refractivity contribution in [1.29, 1.82) is 0 Å². The fourth-order valence-corrected chi connectivity index (χ4v) is 4.85. The number of amides is 1. The molecule has 0 bridgehead atoms. The smallest absolute Gasteiger partial charge is 0.256 e. The van der Waals surface area contributed by atoms with Crippen molar-refractivity contribution in [3.05, 3.63) is 63.2 Å². The lowest BCUT2D eigenvalue weighted by Crippen LogP contribution is -2.48. The zero-order chi connectivity index (χ0) is 24.6. The van der Waals surface area contributed by atoms with E-state index in [1.54, 1.807) is 31.9 Å². The first-order chi connectivity index (χ1) is 16.2.